The number of benzene rings is 1. The number of nitrogens with one attached hydrogen (secondary N) is 1. The number of likely N-dealkylation sites (N-methyl/N-ethyl adjacent to an activating group) is 1. The average Bonchev–Trinajstić information content (AvgIpc) is 2.37. The molecule has 3 nitrogen and oxygen atoms in total. The Morgan fingerprint density at radius 3 is 2.43 bits per heavy atom. The van der Waals surface area contributed by atoms with Gasteiger partial charge in [-0.2, -0.15) is 0 Å². The van der Waals surface area contributed by atoms with Crippen LogP contribution in [0.3, 0.4) is 0 Å². The minimum Gasteiger partial charge on any atom is -0.492 e. The zero-order valence-electron chi connectivity index (χ0n) is 13.5. The normalized spacial score (nSPS) is 13.0. The number of rotatable bonds is 8. The maximum atomic E-state index is 5.76. The molecule has 0 bridgehead atoms. The van der Waals surface area contributed by atoms with Crippen LogP contribution in [0.4, 0.5) is 0 Å². The first kappa shape index (κ1) is 18.9. The lowest BCUT2D eigenvalue weighted by Crippen LogP contribution is -2.41. The summed E-state index contributed by atoms with van der Waals surface area (Å²) in [6.07, 6.45) is 0. The van der Waals surface area contributed by atoms with Crippen LogP contribution in [0.15, 0.2) is 21.1 Å². The smallest absolute Gasteiger partial charge is 0.138 e. The lowest BCUT2D eigenvalue weighted by atomic mass is 10.0. The molecule has 0 aliphatic rings. The molecular formula is C16H26Br2N2O. The maximum Gasteiger partial charge on any atom is 0.138 e. The third-order valence-corrected chi connectivity index (χ3v) is 4.52. The molecule has 0 aliphatic carbocycles. The van der Waals surface area contributed by atoms with Crippen molar-refractivity contribution in [2.24, 2.45) is 5.92 Å². The van der Waals surface area contributed by atoms with Crippen LogP contribution in [0.5, 0.6) is 5.75 Å². The predicted octanol–water partition coefficient (Wildman–Crippen LogP) is 4.29. The van der Waals surface area contributed by atoms with E-state index in [-0.39, 0.29) is 0 Å². The Bertz CT molecular complexity index is 442. The summed E-state index contributed by atoms with van der Waals surface area (Å²) in [7, 11) is 4.27. The summed E-state index contributed by atoms with van der Waals surface area (Å²) in [6, 6.07) is 4.66. The summed E-state index contributed by atoms with van der Waals surface area (Å²) in [5.74, 6) is 1.55. The first-order chi connectivity index (χ1) is 9.86. The number of hydrogen-bond donors (Lipinski definition) is 1. The standard InChI is InChI=1S/C16H26Br2N2O/c1-6-21-16-12(7-13(17)8-14(16)18)9-19-10-15(11(2)3)20(4)5/h7-8,11,15,19H,6,9-10H2,1-5H3. The quantitative estimate of drug-likeness (QED) is 0.677. The van der Waals surface area contributed by atoms with Gasteiger partial charge < -0.3 is 15.0 Å². The van der Waals surface area contributed by atoms with Crippen molar-refractivity contribution in [1.29, 1.82) is 0 Å². The maximum absolute atomic E-state index is 5.76. The van der Waals surface area contributed by atoms with Crippen LogP contribution in [0.1, 0.15) is 26.3 Å². The van der Waals surface area contributed by atoms with Crippen LogP contribution < -0.4 is 10.1 Å². The average molecular weight is 422 g/mol. The van der Waals surface area contributed by atoms with E-state index in [0.29, 0.717) is 18.6 Å². The molecule has 0 saturated carbocycles. The van der Waals surface area contributed by atoms with Crippen molar-refractivity contribution < 1.29 is 4.74 Å². The number of ether oxygens (including phenoxy) is 1. The van der Waals surface area contributed by atoms with Crippen molar-refractivity contribution in [2.75, 3.05) is 27.2 Å². The predicted molar refractivity (Wildman–Crippen MR) is 97.0 cm³/mol. The Hall–Kier alpha value is -0.100. The van der Waals surface area contributed by atoms with Gasteiger partial charge in [-0.05, 0) is 55.0 Å². The molecule has 0 aliphatic heterocycles. The number of hydrogen-bond acceptors (Lipinski definition) is 3. The Morgan fingerprint density at radius 2 is 1.90 bits per heavy atom. The van der Waals surface area contributed by atoms with Crippen LogP contribution >= 0.6 is 31.9 Å². The molecule has 0 amide bonds. The highest BCUT2D eigenvalue weighted by Gasteiger charge is 2.16. The highest BCUT2D eigenvalue weighted by atomic mass is 79.9. The fraction of sp³-hybridized carbons (Fsp3) is 0.625. The van der Waals surface area contributed by atoms with Gasteiger partial charge in [0.2, 0.25) is 0 Å². The van der Waals surface area contributed by atoms with Gasteiger partial charge in [-0.1, -0.05) is 29.8 Å². The molecule has 5 heteroatoms. The minimum absolute atomic E-state index is 0.524. The number of nitrogens with zero attached hydrogens (tertiary/aromatic N) is 1. The number of halogens is 2. The van der Waals surface area contributed by atoms with Crippen molar-refractivity contribution in [1.82, 2.24) is 10.2 Å². The largest absolute Gasteiger partial charge is 0.492 e. The highest BCUT2D eigenvalue weighted by Crippen LogP contribution is 2.33. The summed E-state index contributed by atoms with van der Waals surface area (Å²) < 4.78 is 7.80. The summed E-state index contributed by atoms with van der Waals surface area (Å²) in [4.78, 5) is 2.28. The second-order valence-corrected chi connectivity index (χ2v) is 7.48. The van der Waals surface area contributed by atoms with Crippen LogP contribution in [0.25, 0.3) is 0 Å². The molecular weight excluding hydrogens is 396 g/mol. The molecule has 1 aromatic carbocycles. The van der Waals surface area contributed by atoms with Gasteiger partial charge in [0.15, 0.2) is 0 Å². The SMILES string of the molecule is CCOc1c(Br)cc(Br)cc1CNCC(C(C)C)N(C)C. The van der Waals surface area contributed by atoms with Crippen molar-refractivity contribution in [2.45, 2.75) is 33.4 Å². The molecule has 1 unspecified atom stereocenters. The zero-order valence-corrected chi connectivity index (χ0v) is 16.7. The van der Waals surface area contributed by atoms with Gasteiger partial charge in [-0.25, -0.2) is 0 Å². The molecule has 0 radical (unpaired) electrons. The second-order valence-electron chi connectivity index (χ2n) is 5.71. The van der Waals surface area contributed by atoms with E-state index in [4.69, 9.17) is 4.74 Å². The van der Waals surface area contributed by atoms with E-state index in [2.05, 4.69) is 76.1 Å². The van der Waals surface area contributed by atoms with E-state index < -0.39 is 0 Å². The molecule has 1 aromatic rings. The monoisotopic (exact) mass is 420 g/mol. The van der Waals surface area contributed by atoms with E-state index in [9.17, 15) is 0 Å². The van der Waals surface area contributed by atoms with E-state index in [1.165, 1.54) is 5.56 Å². The van der Waals surface area contributed by atoms with Crippen molar-refractivity contribution in [3.63, 3.8) is 0 Å². The van der Waals surface area contributed by atoms with Crippen LogP contribution in [0.2, 0.25) is 0 Å². The van der Waals surface area contributed by atoms with Gasteiger partial charge in [-0.3, -0.25) is 0 Å². The highest BCUT2D eigenvalue weighted by molar-refractivity contribution is 9.11. The Morgan fingerprint density at radius 1 is 1.24 bits per heavy atom. The third kappa shape index (κ3) is 5.89. The van der Waals surface area contributed by atoms with Gasteiger partial charge >= 0.3 is 0 Å². The van der Waals surface area contributed by atoms with Gasteiger partial charge in [-0.15, -0.1) is 0 Å². The van der Waals surface area contributed by atoms with Gasteiger partial charge in [0.05, 0.1) is 11.1 Å². The molecule has 1 N–H and O–H groups in total. The van der Waals surface area contributed by atoms with Gasteiger partial charge in [0, 0.05) is 29.2 Å². The van der Waals surface area contributed by atoms with Crippen LogP contribution in [-0.4, -0.2) is 38.2 Å². The molecule has 0 fully saturated rings. The molecule has 0 heterocycles. The molecule has 1 rings (SSSR count). The lowest BCUT2D eigenvalue weighted by molar-refractivity contribution is 0.224. The minimum atomic E-state index is 0.524. The molecule has 1 atom stereocenters. The first-order valence-electron chi connectivity index (χ1n) is 7.34. The Labute approximate surface area is 145 Å². The van der Waals surface area contributed by atoms with E-state index in [1.807, 2.05) is 13.0 Å². The summed E-state index contributed by atoms with van der Waals surface area (Å²) in [5, 5.41) is 3.55. The van der Waals surface area contributed by atoms with Crippen molar-refractivity contribution >= 4 is 31.9 Å². The summed E-state index contributed by atoms with van der Waals surface area (Å²) in [6.45, 7) is 8.94. The molecule has 0 aromatic heterocycles. The Balaban J connectivity index is 2.74. The fourth-order valence-corrected chi connectivity index (χ4v) is 3.85. The fourth-order valence-electron chi connectivity index (χ4n) is 2.42. The molecule has 0 spiro atoms. The topological polar surface area (TPSA) is 24.5 Å². The zero-order chi connectivity index (χ0) is 16.0. The molecule has 0 saturated heterocycles. The van der Waals surface area contributed by atoms with Crippen LogP contribution in [-0.2, 0) is 6.54 Å². The molecule has 120 valence electrons. The van der Waals surface area contributed by atoms with Crippen molar-refractivity contribution in [3.05, 3.63) is 26.6 Å². The van der Waals surface area contributed by atoms with Gasteiger partial charge in [0.25, 0.3) is 0 Å². The molecule has 21 heavy (non-hydrogen) atoms. The van der Waals surface area contributed by atoms with Gasteiger partial charge in [0.1, 0.15) is 5.75 Å². The Kier molecular flexibility index (Phi) is 8.24. The van der Waals surface area contributed by atoms with E-state index in [1.54, 1.807) is 0 Å². The van der Waals surface area contributed by atoms with E-state index >= 15 is 0 Å². The van der Waals surface area contributed by atoms with E-state index in [0.717, 1.165) is 27.8 Å². The van der Waals surface area contributed by atoms with Crippen molar-refractivity contribution in [3.8, 4) is 5.75 Å². The first-order valence-corrected chi connectivity index (χ1v) is 8.93. The third-order valence-electron chi connectivity index (χ3n) is 3.48. The van der Waals surface area contributed by atoms with Crippen LogP contribution in [0, 0.1) is 5.92 Å². The summed E-state index contributed by atoms with van der Waals surface area (Å²) in [5.41, 5.74) is 1.17. The lowest BCUT2D eigenvalue weighted by Gasteiger charge is -2.28. The summed E-state index contributed by atoms with van der Waals surface area (Å²) >= 11 is 7.12. The second kappa shape index (κ2) is 9.13.